The third-order valence-electron chi connectivity index (χ3n) is 3.45. The number of nitrogens with zero attached hydrogens (tertiary/aromatic N) is 2. The van der Waals surface area contributed by atoms with Crippen molar-refractivity contribution in [1.82, 2.24) is 15.1 Å². The Kier molecular flexibility index (Phi) is 5.82. The lowest BCUT2D eigenvalue weighted by Crippen LogP contribution is -2.47. The molecule has 5 heteroatoms. The second-order valence-electron chi connectivity index (χ2n) is 5.11. The molecule has 2 heterocycles. The molecule has 108 valence electrons. The highest BCUT2D eigenvalue weighted by Crippen LogP contribution is 2.12. The summed E-state index contributed by atoms with van der Waals surface area (Å²) in [6, 6.07) is 0.362. The monoisotopic (exact) mass is 267 g/mol. The average molecular weight is 267 g/mol. The van der Waals surface area contributed by atoms with Crippen molar-refractivity contribution < 1.29 is 9.47 Å². The summed E-state index contributed by atoms with van der Waals surface area (Å²) in [5.41, 5.74) is 1.28. The van der Waals surface area contributed by atoms with Gasteiger partial charge in [0, 0.05) is 19.3 Å². The molecule has 0 aliphatic carbocycles. The first-order valence-corrected chi connectivity index (χ1v) is 7.20. The summed E-state index contributed by atoms with van der Waals surface area (Å²) in [4.78, 5) is 0. The van der Waals surface area contributed by atoms with E-state index in [1.807, 2.05) is 17.9 Å². The van der Waals surface area contributed by atoms with Gasteiger partial charge in [-0.15, -0.1) is 0 Å². The van der Waals surface area contributed by atoms with Crippen molar-refractivity contribution in [3.05, 3.63) is 18.0 Å². The van der Waals surface area contributed by atoms with Crippen LogP contribution in [-0.4, -0.2) is 48.3 Å². The fourth-order valence-electron chi connectivity index (χ4n) is 2.41. The highest BCUT2D eigenvalue weighted by molar-refractivity contribution is 5.04. The van der Waals surface area contributed by atoms with Crippen LogP contribution < -0.4 is 5.32 Å². The van der Waals surface area contributed by atoms with Crippen molar-refractivity contribution in [1.29, 1.82) is 0 Å². The number of aromatic nitrogens is 2. The predicted molar refractivity (Wildman–Crippen MR) is 74.2 cm³/mol. The zero-order valence-corrected chi connectivity index (χ0v) is 12.0. The molecule has 19 heavy (non-hydrogen) atoms. The number of ether oxygens (including phenoxy) is 2. The summed E-state index contributed by atoms with van der Waals surface area (Å²) in [5.74, 6) is 0. The van der Waals surface area contributed by atoms with E-state index in [0.717, 1.165) is 32.4 Å². The van der Waals surface area contributed by atoms with Crippen LogP contribution in [0.2, 0.25) is 0 Å². The molecule has 1 aliphatic heterocycles. The average Bonchev–Trinajstić information content (AvgIpc) is 2.86. The molecule has 0 bridgehead atoms. The molecule has 2 rings (SSSR count). The normalized spacial score (nSPS) is 21.5. The Morgan fingerprint density at radius 2 is 2.42 bits per heavy atom. The van der Waals surface area contributed by atoms with Gasteiger partial charge < -0.3 is 14.8 Å². The van der Waals surface area contributed by atoms with Crippen molar-refractivity contribution in [2.45, 2.75) is 38.3 Å². The first kappa shape index (κ1) is 14.5. The fraction of sp³-hybridized carbons (Fsp3) is 0.786. The minimum Gasteiger partial charge on any atom is -0.376 e. The molecular weight excluding hydrogens is 242 g/mol. The van der Waals surface area contributed by atoms with Gasteiger partial charge >= 0.3 is 0 Å². The topological polar surface area (TPSA) is 48.3 Å². The van der Waals surface area contributed by atoms with Crippen molar-refractivity contribution in [2.24, 2.45) is 7.05 Å². The molecule has 5 nitrogen and oxygen atoms in total. The van der Waals surface area contributed by atoms with Gasteiger partial charge in [0.1, 0.15) is 0 Å². The number of nitrogens with one attached hydrogen (secondary N) is 1. The molecule has 1 N–H and O–H groups in total. The van der Waals surface area contributed by atoms with E-state index in [4.69, 9.17) is 9.47 Å². The first-order chi connectivity index (χ1) is 9.29. The van der Waals surface area contributed by atoms with E-state index in [2.05, 4.69) is 23.5 Å². The maximum absolute atomic E-state index is 5.82. The summed E-state index contributed by atoms with van der Waals surface area (Å²) < 4.78 is 13.2. The minimum atomic E-state index is 0.178. The molecule has 0 radical (unpaired) electrons. The van der Waals surface area contributed by atoms with Crippen LogP contribution in [-0.2, 0) is 22.9 Å². The second-order valence-corrected chi connectivity index (χ2v) is 5.11. The van der Waals surface area contributed by atoms with Crippen LogP contribution in [0, 0.1) is 0 Å². The van der Waals surface area contributed by atoms with E-state index in [-0.39, 0.29) is 6.10 Å². The van der Waals surface area contributed by atoms with Crippen LogP contribution in [0.4, 0.5) is 0 Å². The van der Waals surface area contributed by atoms with Gasteiger partial charge in [-0.2, -0.15) is 5.10 Å². The lowest BCUT2D eigenvalue weighted by molar-refractivity contribution is -0.102. The Bertz CT molecular complexity index is 361. The third-order valence-corrected chi connectivity index (χ3v) is 3.45. The van der Waals surface area contributed by atoms with E-state index in [9.17, 15) is 0 Å². The van der Waals surface area contributed by atoms with Crippen LogP contribution in [0.25, 0.3) is 0 Å². The SMILES string of the molecule is CCCNC(CCc1cnn(C)c1)C1COCCO1. The standard InChI is InChI=1S/C14H25N3O2/c1-3-6-15-13(14-11-18-7-8-19-14)5-4-12-9-16-17(2)10-12/h9-10,13-15H,3-8,11H2,1-2H3. The maximum Gasteiger partial charge on any atom is 0.0962 e. The summed E-state index contributed by atoms with van der Waals surface area (Å²) in [5, 5.41) is 7.79. The van der Waals surface area contributed by atoms with E-state index in [1.165, 1.54) is 5.56 Å². The zero-order chi connectivity index (χ0) is 13.5. The van der Waals surface area contributed by atoms with Gasteiger partial charge in [0.05, 0.1) is 32.1 Å². The van der Waals surface area contributed by atoms with Gasteiger partial charge in [0.25, 0.3) is 0 Å². The van der Waals surface area contributed by atoms with Crippen LogP contribution in [0.15, 0.2) is 12.4 Å². The quantitative estimate of drug-likeness (QED) is 0.805. The number of aryl methyl sites for hydroxylation is 2. The summed E-state index contributed by atoms with van der Waals surface area (Å²) >= 11 is 0. The van der Waals surface area contributed by atoms with E-state index >= 15 is 0 Å². The molecular formula is C14H25N3O2. The number of hydrogen-bond acceptors (Lipinski definition) is 4. The fourth-order valence-corrected chi connectivity index (χ4v) is 2.41. The molecule has 1 saturated heterocycles. The molecule has 1 aromatic heterocycles. The molecule has 1 fully saturated rings. The summed E-state index contributed by atoms with van der Waals surface area (Å²) in [6.45, 7) is 5.34. The molecule has 0 spiro atoms. The summed E-state index contributed by atoms with van der Waals surface area (Å²) in [6.07, 6.45) is 7.41. The van der Waals surface area contributed by atoms with Crippen LogP contribution >= 0.6 is 0 Å². The van der Waals surface area contributed by atoms with Crippen LogP contribution in [0.5, 0.6) is 0 Å². The highest BCUT2D eigenvalue weighted by Gasteiger charge is 2.24. The van der Waals surface area contributed by atoms with Crippen molar-refractivity contribution >= 4 is 0 Å². The highest BCUT2D eigenvalue weighted by atomic mass is 16.6. The van der Waals surface area contributed by atoms with Gasteiger partial charge in [0.2, 0.25) is 0 Å². The summed E-state index contributed by atoms with van der Waals surface area (Å²) in [7, 11) is 1.95. The number of hydrogen-bond donors (Lipinski definition) is 1. The number of rotatable bonds is 7. The second kappa shape index (κ2) is 7.62. The van der Waals surface area contributed by atoms with Gasteiger partial charge in [-0.1, -0.05) is 6.92 Å². The maximum atomic E-state index is 5.82. The van der Waals surface area contributed by atoms with Gasteiger partial charge in [-0.05, 0) is 31.4 Å². The first-order valence-electron chi connectivity index (χ1n) is 7.20. The van der Waals surface area contributed by atoms with Crippen LogP contribution in [0.3, 0.4) is 0 Å². The molecule has 1 aliphatic rings. The largest absolute Gasteiger partial charge is 0.376 e. The third kappa shape index (κ3) is 4.60. The minimum absolute atomic E-state index is 0.178. The lowest BCUT2D eigenvalue weighted by atomic mass is 10.0. The zero-order valence-electron chi connectivity index (χ0n) is 12.0. The lowest BCUT2D eigenvalue weighted by Gasteiger charge is -2.31. The van der Waals surface area contributed by atoms with Gasteiger partial charge in [0.15, 0.2) is 0 Å². The Hall–Kier alpha value is -0.910. The molecule has 0 amide bonds. The molecule has 2 atom stereocenters. The Balaban J connectivity index is 1.85. The van der Waals surface area contributed by atoms with E-state index < -0.39 is 0 Å². The Morgan fingerprint density at radius 3 is 3.05 bits per heavy atom. The van der Waals surface area contributed by atoms with Gasteiger partial charge in [-0.3, -0.25) is 4.68 Å². The van der Waals surface area contributed by atoms with E-state index in [0.29, 0.717) is 19.3 Å². The molecule has 0 aromatic carbocycles. The van der Waals surface area contributed by atoms with Crippen molar-refractivity contribution in [3.8, 4) is 0 Å². The smallest absolute Gasteiger partial charge is 0.0962 e. The molecule has 2 unspecified atom stereocenters. The Morgan fingerprint density at radius 1 is 1.53 bits per heavy atom. The van der Waals surface area contributed by atoms with E-state index in [1.54, 1.807) is 0 Å². The Labute approximate surface area is 115 Å². The van der Waals surface area contributed by atoms with Gasteiger partial charge in [-0.25, -0.2) is 0 Å². The van der Waals surface area contributed by atoms with Crippen molar-refractivity contribution in [3.63, 3.8) is 0 Å². The predicted octanol–water partition coefficient (Wildman–Crippen LogP) is 1.14. The molecule has 1 aromatic rings. The van der Waals surface area contributed by atoms with Crippen LogP contribution in [0.1, 0.15) is 25.3 Å². The molecule has 0 saturated carbocycles. The van der Waals surface area contributed by atoms with Crippen molar-refractivity contribution in [2.75, 3.05) is 26.4 Å².